The fourth-order valence-electron chi connectivity index (χ4n) is 2.79. The van der Waals surface area contributed by atoms with Gasteiger partial charge in [-0.15, -0.1) is 0 Å². The Hall–Kier alpha value is -4.00. The minimum Gasteiger partial charge on any atom is -0.446 e. The number of amides is 2. The molecule has 0 radical (unpaired) electrons. The smallest absolute Gasteiger partial charge is 0.307 e. The molecule has 2 N–H and O–H groups in total. The van der Waals surface area contributed by atoms with Gasteiger partial charge in [-0.25, -0.2) is 10.9 Å². The molecule has 1 heterocycles. The summed E-state index contributed by atoms with van der Waals surface area (Å²) in [6.07, 6.45) is 3.26. The van der Waals surface area contributed by atoms with Crippen molar-refractivity contribution in [3.63, 3.8) is 0 Å². The van der Waals surface area contributed by atoms with Crippen molar-refractivity contribution in [1.82, 2.24) is 10.9 Å². The minimum absolute atomic E-state index is 0.0173. The predicted molar refractivity (Wildman–Crippen MR) is 120 cm³/mol. The highest BCUT2D eigenvalue weighted by molar-refractivity contribution is 5.96. The molecule has 31 heavy (non-hydrogen) atoms. The van der Waals surface area contributed by atoms with Gasteiger partial charge in [-0.2, -0.15) is 10.2 Å². The minimum atomic E-state index is -0.545. The largest absolute Gasteiger partial charge is 0.446 e. The molecule has 3 aromatic rings. The number of hydrogen-bond acceptors (Lipinski definition) is 5. The summed E-state index contributed by atoms with van der Waals surface area (Å²) >= 11 is 0. The monoisotopic (exact) mass is 416 g/mol. The van der Waals surface area contributed by atoms with Crippen LogP contribution < -0.4 is 10.9 Å². The molecule has 3 rings (SSSR count). The first kappa shape index (κ1) is 21.7. The number of carbonyl (C=O) groups excluding carboxylic acids is 2. The molecule has 0 aliphatic rings. The van der Waals surface area contributed by atoms with E-state index >= 15 is 0 Å². The van der Waals surface area contributed by atoms with Crippen LogP contribution in [0.4, 0.5) is 0 Å². The maximum Gasteiger partial charge on any atom is 0.307 e. The highest BCUT2D eigenvalue weighted by atomic mass is 16.4. The molecule has 2 aromatic carbocycles. The van der Waals surface area contributed by atoms with E-state index in [1.165, 1.54) is 12.1 Å². The van der Waals surface area contributed by atoms with Crippen molar-refractivity contribution in [2.45, 2.75) is 25.7 Å². The summed E-state index contributed by atoms with van der Waals surface area (Å²) in [5, 5.41) is 7.93. The van der Waals surface area contributed by atoms with Gasteiger partial charge in [-0.1, -0.05) is 74.5 Å². The van der Waals surface area contributed by atoms with E-state index in [4.69, 9.17) is 4.42 Å². The zero-order chi connectivity index (χ0) is 22.1. The molecule has 1 aromatic heterocycles. The van der Waals surface area contributed by atoms with Crippen LogP contribution in [-0.2, 0) is 0 Å². The van der Waals surface area contributed by atoms with E-state index in [9.17, 15) is 9.59 Å². The summed E-state index contributed by atoms with van der Waals surface area (Å²) in [6, 6.07) is 22.4. The molecule has 0 fully saturated rings. The van der Waals surface area contributed by atoms with Crippen LogP contribution in [0.5, 0.6) is 0 Å². The quantitative estimate of drug-likeness (QED) is 0.423. The van der Waals surface area contributed by atoms with Crippen molar-refractivity contribution in [3.05, 3.63) is 95.4 Å². The lowest BCUT2D eigenvalue weighted by Gasteiger charge is -2.05. The average Bonchev–Trinajstić information content (AvgIpc) is 3.30. The van der Waals surface area contributed by atoms with Crippen LogP contribution in [0.2, 0.25) is 0 Å². The van der Waals surface area contributed by atoms with Crippen molar-refractivity contribution in [2.24, 2.45) is 10.2 Å². The van der Waals surface area contributed by atoms with Crippen LogP contribution in [-0.4, -0.2) is 24.2 Å². The number of furan rings is 1. The van der Waals surface area contributed by atoms with Crippen LogP contribution in [0, 0.1) is 0 Å². The number of rotatable bonds is 8. The Balaban J connectivity index is 1.50. The SMILES string of the molecule is C[C@@H](/C=N\NC(=O)c1ccc(C(=O)N/N=C\[C@H](C)c2ccccc2)o1)c1ccccc1. The normalized spacial score (nSPS) is 13.2. The van der Waals surface area contributed by atoms with Crippen LogP contribution in [0.1, 0.15) is 57.9 Å². The Morgan fingerprint density at radius 3 is 1.48 bits per heavy atom. The molecular formula is C24H24N4O3. The predicted octanol–water partition coefficient (Wildman–Crippen LogP) is 4.32. The highest BCUT2D eigenvalue weighted by Crippen LogP contribution is 2.13. The van der Waals surface area contributed by atoms with Crippen molar-refractivity contribution < 1.29 is 14.0 Å². The second-order valence-electron chi connectivity index (χ2n) is 7.00. The molecule has 0 unspecified atom stereocenters. The second-order valence-corrected chi connectivity index (χ2v) is 7.00. The Bertz CT molecular complexity index is 975. The molecule has 2 atom stereocenters. The summed E-state index contributed by atoms with van der Waals surface area (Å²) < 4.78 is 5.32. The molecule has 2 amide bonds. The summed E-state index contributed by atoms with van der Waals surface area (Å²) in [6.45, 7) is 3.94. The van der Waals surface area contributed by atoms with E-state index in [0.717, 1.165) is 11.1 Å². The molecule has 7 heteroatoms. The molecule has 158 valence electrons. The number of nitrogens with one attached hydrogen (secondary N) is 2. The Morgan fingerprint density at radius 2 is 1.10 bits per heavy atom. The maximum absolute atomic E-state index is 12.2. The van der Waals surface area contributed by atoms with E-state index in [2.05, 4.69) is 21.1 Å². The maximum atomic E-state index is 12.2. The van der Waals surface area contributed by atoms with Gasteiger partial charge in [-0.3, -0.25) is 9.59 Å². The van der Waals surface area contributed by atoms with Gasteiger partial charge in [0.05, 0.1) is 0 Å². The van der Waals surface area contributed by atoms with Crippen molar-refractivity contribution >= 4 is 24.2 Å². The summed E-state index contributed by atoms with van der Waals surface area (Å²) in [4.78, 5) is 24.4. The van der Waals surface area contributed by atoms with Gasteiger partial charge in [0.1, 0.15) is 0 Å². The second kappa shape index (κ2) is 10.7. The molecule has 0 saturated heterocycles. The van der Waals surface area contributed by atoms with E-state index in [1.54, 1.807) is 12.4 Å². The average molecular weight is 416 g/mol. The fraction of sp³-hybridized carbons (Fsp3) is 0.167. The third kappa shape index (κ3) is 6.24. The number of hydrogen-bond donors (Lipinski definition) is 2. The molecule has 0 aliphatic carbocycles. The van der Waals surface area contributed by atoms with Gasteiger partial charge in [0.15, 0.2) is 11.5 Å². The number of hydrazone groups is 2. The first-order valence-corrected chi connectivity index (χ1v) is 9.91. The lowest BCUT2D eigenvalue weighted by Crippen LogP contribution is -2.19. The summed E-state index contributed by atoms with van der Waals surface area (Å²) in [7, 11) is 0. The van der Waals surface area contributed by atoms with Gasteiger partial charge >= 0.3 is 11.8 Å². The van der Waals surface area contributed by atoms with Gasteiger partial charge < -0.3 is 4.42 Å². The van der Waals surface area contributed by atoms with Gasteiger partial charge in [0.2, 0.25) is 0 Å². The molecular weight excluding hydrogens is 392 g/mol. The lowest BCUT2D eigenvalue weighted by molar-refractivity contribution is 0.0902. The molecule has 7 nitrogen and oxygen atoms in total. The van der Waals surface area contributed by atoms with E-state index in [-0.39, 0.29) is 23.4 Å². The number of nitrogens with zero attached hydrogens (tertiary/aromatic N) is 2. The lowest BCUT2D eigenvalue weighted by atomic mass is 10.0. The Kier molecular flexibility index (Phi) is 7.48. The van der Waals surface area contributed by atoms with Crippen molar-refractivity contribution in [2.75, 3.05) is 0 Å². The Labute approximate surface area is 180 Å². The number of benzene rings is 2. The van der Waals surface area contributed by atoms with E-state index in [0.29, 0.717) is 0 Å². The zero-order valence-electron chi connectivity index (χ0n) is 17.4. The fourth-order valence-corrected chi connectivity index (χ4v) is 2.79. The Morgan fingerprint density at radius 1 is 0.710 bits per heavy atom. The summed E-state index contributed by atoms with van der Waals surface area (Å²) in [5.74, 6) is -1.05. The molecule has 0 spiro atoms. The molecule has 0 bridgehead atoms. The van der Waals surface area contributed by atoms with E-state index < -0.39 is 11.8 Å². The van der Waals surface area contributed by atoms with Gasteiger partial charge in [0.25, 0.3) is 0 Å². The summed E-state index contributed by atoms with van der Waals surface area (Å²) in [5.41, 5.74) is 6.97. The standard InChI is InChI=1S/C24H24N4O3/c1-17(19-9-5-3-6-10-19)15-25-27-23(29)21-13-14-22(31-21)24(30)28-26-16-18(2)20-11-7-4-8-12-20/h3-18H,1-2H3,(H,27,29)(H,28,30)/b25-15-,26-16-/t17-,18-/m0/s1. The first-order valence-electron chi connectivity index (χ1n) is 9.91. The third-order valence-electron chi connectivity index (χ3n) is 4.63. The van der Waals surface area contributed by atoms with Crippen molar-refractivity contribution in [1.29, 1.82) is 0 Å². The topological polar surface area (TPSA) is 96.1 Å². The van der Waals surface area contributed by atoms with E-state index in [1.807, 2.05) is 74.5 Å². The van der Waals surface area contributed by atoms with Crippen LogP contribution in [0.3, 0.4) is 0 Å². The molecule has 0 aliphatic heterocycles. The van der Waals surface area contributed by atoms with Crippen LogP contribution in [0.25, 0.3) is 0 Å². The zero-order valence-corrected chi connectivity index (χ0v) is 17.4. The van der Waals surface area contributed by atoms with Crippen LogP contribution in [0.15, 0.2) is 87.4 Å². The molecule has 0 saturated carbocycles. The van der Waals surface area contributed by atoms with Crippen molar-refractivity contribution in [3.8, 4) is 0 Å². The highest BCUT2D eigenvalue weighted by Gasteiger charge is 2.15. The van der Waals surface area contributed by atoms with Gasteiger partial charge in [-0.05, 0) is 23.3 Å². The third-order valence-corrected chi connectivity index (χ3v) is 4.63. The van der Waals surface area contributed by atoms with Gasteiger partial charge in [0, 0.05) is 24.3 Å². The first-order chi connectivity index (χ1) is 15.0. The number of carbonyl (C=O) groups is 2. The van der Waals surface area contributed by atoms with Crippen LogP contribution >= 0.6 is 0 Å².